The molecule has 1 aliphatic heterocycles. The molecule has 0 radical (unpaired) electrons. The molecule has 23 heavy (non-hydrogen) atoms. The second-order valence-corrected chi connectivity index (χ2v) is 6.56. The Labute approximate surface area is 136 Å². The highest BCUT2D eigenvalue weighted by atomic mass is 16.6. The van der Waals surface area contributed by atoms with E-state index in [4.69, 9.17) is 9.47 Å². The topological polar surface area (TPSA) is 81.6 Å². The highest BCUT2D eigenvalue weighted by molar-refractivity contribution is 5.90. The SMILES string of the molecule is CC(=O)c1nccc(OC2CCN(C(=O)OC(C)(C)C)CC2)n1. The fourth-order valence-corrected chi connectivity index (χ4v) is 2.23. The number of ketones is 1. The van der Waals surface area contributed by atoms with Gasteiger partial charge in [0.2, 0.25) is 5.88 Å². The highest BCUT2D eigenvalue weighted by Gasteiger charge is 2.27. The summed E-state index contributed by atoms with van der Waals surface area (Å²) in [5.41, 5.74) is -0.492. The van der Waals surface area contributed by atoms with Crippen molar-refractivity contribution in [3.8, 4) is 5.88 Å². The molecule has 1 saturated heterocycles. The smallest absolute Gasteiger partial charge is 0.410 e. The van der Waals surface area contributed by atoms with Crippen molar-refractivity contribution in [1.82, 2.24) is 14.9 Å². The van der Waals surface area contributed by atoms with Crippen LogP contribution in [0.4, 0.5) is 4.79 Å². The molecule has 1 amide bonds. The molecule has 1 aromatic rings. The number of piperidine rings is 1. The molecule has 0 bridgehead atoms. The normalized spacial score (nSPS) is 16.1. The minimum absolute atomic E-state index is 0.0385. The molecule has 7 heteroatoms. The Balaban J connectivity index is 1.86. The fourth-order valence-electron chi connectivity index (χ4n) is 2.23. The van der Waals surface area contributed by atoms with Crippen molar-refractivity contribution < 1.29 is 19.1 Å². The predicted molar refractivity (Wildman–Crippen MR) is 83.5 cm³/mol. The average molecular weight is 321 g/mol. The van der Waals surface area contributed by atoms with Gasteiger partial charge in [0.15, 0.2) is 11.6 Å². The van der Waals surface area contributed by atoms with Crippen LogP contribution in [0.1, 0.15) is 51.2 Å². The van der Waals surface area contributed by atoms with E-state index in [1.807, 2.05) is 20.8 Å². The Hall–Kier alpha value is -2.18. The van der Waals surface area contributed by atoms with Gasteiger partial charge in [0.25, 0.3) is 0 Å². The van der Waals surface area contributed by atoms with E-state index in [1.165, 1.54) is 13.1 Å². The third-order valence-electron chi connectivity index (χ3n) is 3.33. The number of amides is 1. The summed E-state index contributed by atoms with van der Waals surface area (Å²) in [5.74, 6) is 0.338. The van der Waals surface area contributed by atoms with E-state index in [0.717, 1.165) is 0 Å². The molecular formula is C16H23N3O4. The summed E-state index contributed by atoms with van der Waals surface area (Å²) in [5, 5.41) is 0. The molecule has 1 fully saturated rings. The lowest BCUT2D eigenvalue weighted by atomic mass is 10.1. The zero-order valence-corrected chi connectivity index (χ0v) is 14.0. The van der Waals surface area contributed by atoms with E-state index in [-0.39, 0.29) is 23.8 Å². The van der Waals surface area contributed by atoms with Crippen LogP contribution in [-0.4, -0.2) is 51.5 Å². The second-order valence-electron chi connectivity index (χ2n) is 6.56. The largest absolute Gasteiger partial charge is 0.474 e. The third-order valence-corrected chi connectivity index (χ3v) is 3.33. The maximum Gasteiger partial charge on any atom is 0.410 e. The predicted octanol–water partition coefficient (Wildman–Crippen LogP) is 2.46. The van der Waals surface area contributed by atoms with Crippen molar-refractivity contribution in [2.24, 2.45) is 0 Å². The van der Waals surface area contributed by atoms with Crippen LogP contribution in [0.15, 0.2) is 12.3 Å². The van der Waals surface area contributed by atoms with Gasteiger partial charge >= 0.3 is 6.09 Å². The second kappa shape index (κ2) is 6.93. The first-order valence-corrected chi connectivity index (χ1v) is 7.73. The summed E-state index contributed by atoms with van der Waals surface area (Å²) in [4.78, 5) is 32.9. The lowest BCUT2D eigenvalue weighted by Crippen LogP contribution is -2.44. The monoisotopic (exact) mass is 321 g/mol. The van der Waals surface area contributed by atoms with Gasteiger partial charge < -0.3 is 14.4 Å². The number of aromatic nitrogens is 2. The minimum atomic E-state index is -0.492. The average Bonchev–Trinajstić information content (AvgIpc) is 2.46. The molecule has 1 aliphatic rings. The van der Waals surface area contributed by atoms with Crippen LogP contribution in [0.5, 0.6) is 5.88 Å². The van der Waals surface area contributed by atoms with Crippen molar-refractivity contribution in [2.45, 2.75) is 52.2 Å². The molecule has 2 rings (SSSR count). The molecule has 0 unspecified atom stereocenters. The summed E-state index contributed by atoms with van der Waals surface area (Å²) >= 11 is 0. The van der Waals surface area contributed by atoms with Crippen LogP contribution < -0.4 is 4.74 Å². The Kier molecular flexibility index (Phi) is 5.18. The van der Waals surface area contributed by atoms with Crippen LogP contribution in [-0.2, 0) is 4.74 Å². The van der Waals surface area contributed by atoms with Gasteiger partial charge in [-0.15, -0.1) is 0 Å². The van der Waals surface area contributed by atoms with Crippen LogP contribution in [0, 0.1) is 0 Å². The van der Waals surface area contributed by atoms with E-state index in [1.54, 1.807) is 11.0 Å². The third kappa shape index (κ3) is 5.19. The summed E-state index contributed by atoms with van der Waals surface area (Å²) in [6.07, 6.45) is 2.56. The minimum Gasteiger partial charge on any atom is -0.474 e. The molecule has 126 valence electrons. The van der Waals surface area contributed by atoms with Gasteiger partial charge in [-0.05, 0) is 20.8 Å². The van der Waals surface area contributed by atoms with Gasteiger partial charge in [0, 0.05) is 45.1 Å². The van der Waals surface area contributed by atoms with Gasteiger partial charge in [0.05, 0.1) is 0 Å². The molecule has 2 heterocycles. The number of carbonyl (C=O) groups excluding carboxylic acids is 2. The van der Waals surface area contributed by atoms with Crippen molar-refractivity contribution in [3.63, 3.8) is 0 Å². The summed E-state index contributed by atoms with van der Waals surface area (Å²) in [6.45, 7) is 8.11. The summed E-state index contributed by atoms with van der Waals surface area (Å²) < 4.78 is 11.2. The number of ether oxygens (including phenoxy) is 2. The number of hydrogen-bond acceptors (Lipinski definition) is 6. The van der Waals surface area contributed by atoms with E-state index in [9.17, 15) is 9.59 Å². The molecule has 0 saturated carbocycles. The van der Waals surface area contributed by atoms with E-state index < -0.39 is 5.60 Å². The molecule has 0 aliphatic carbocycles. The van der Waals surface area contributed by atoms with Crippen LogP contribution in [0.2, 0.25) is 0 Å². The summed E-state index contributed by atoms with van der Waals surface area (Å²) in [7, 11) is 0. The van der Waals surface area contributed by atoms with Gasteiger partial charge in [-0.2, -0.15) is 4.98 Å². The lowest BCUT2D eigenvalue weighted by molar-refractivity contribution is 0.0122. The summed E-state index contributed by atoms with van der Waals surface area (Å²) in [6, 6.07) is 1.63. The number of carbonyl (C=O) groups is 2. The first kappa shape index (κ1) is 17.2. The van der Waals surface area contributed by atoms with E-state index >= 15 is 0 Å². The van der Waals surface area contributed by atoms with Crippen LogP contribution >= 0.6 is 0 Å². The Bertz CT molecular complexity index is 575. The van der Waals surface area contributed by atoms with Crippen molar-refractivity contribution in [1.29, 1.82) is 0 Å². The molecule has 0 spiro atoms. The molecule has 1 aromatic heterocycles. The maximum absolute atomic E-state index is 12.0. The molecule has 7 nitrogen and oxygen atoms in total. The molecule has 0 N–H and O–H groups in total. The Morgan fingerprint density at radius 1 is 1.26 bits per heavy atom. The van der Waals surface area contributed by atoms with Crippen LogP contribution in [0.3, 0.4) is 0 Å². The highest BCUT2D eigenvalue weighted by Crippen LogP contribution is 2.19. The number of hydrogen-bond donors (Lipinski definition) is 0. The van der Waals surface area contributed by atoms with Crippen LogP contribution in [0.25, 0.3) is 0 Å². The zero-order chi connectivity index (χ0) is 17.0. The molecule has 0 aromatic carbocycles. The van der Waals surface area contributed by atoms with E-state index in [2.05, 4.69) is 9.97 Å². The fraction of sp³-hybridized carbons (Fsp3) is 0.625. The van der Waals surface area contributed by atoms with Gasteiger partial charge in [-0.3, -0.25) is 4.79 Å². The number of rotatable bonds is 3. The molecule has 0 atom stereocenters. The number of nitrogens with zero attached hydrogens (tertiary/aromatic N) is 3. The maximum atomic E-state index is 12.0. The van der Waals surface area contributed by atoms with Crippen molar-refractivity contribution in [3.05, 3.63) is 18.1 Å². The Morgan fingerprint density at radius 3 is 2.48 bits per heavy atom. The van der Waals surface area contributed by atoms with Gasteiger partial charge in [-0.1, -0.05) is 0 Å². The van der Waals surface area contributed by atoms with E-state index in [0.29, 0.717) is 31.8 Å². The Morgan fingerprint density at radius 2 is 1.91 bits per heavy atom. The lowest BCUT2D eigenvalue weighted by Gasteiger charge is -2.33. The van der Waals surface area contributed by atoms with Crippen molar-refractivity contribution in [2.75, 3.05) is 13.1 Å². The molecular weight excluding hydrogens is 298 g/mol. The number of Topliss-reactive ketones (excluding diaryl/α,β-unsaturated/α-hetero) is 1. The quantitative estimate of drug-likeness (QED) is 0.795. The van der Waals surface area contributed by atoms with Crippen molar-refractivity contribution >= 4 is 11.9 Å². The van der Waals surface area contributed by atoms with Gasteiger partial charge in [-0.25, -0.2) is 9.78 Å². The standard InChI is InChI=1S/C16H23N3O4/c1-11(20)14-17-8-5-13(18-14)22-12-6-9-19(10-7-12)15(21)23-16(2,3)4/h5,8,12H,6-7,9-10H2,1-4H3. The first-order chi connectivity index (χ1) is 10.7. The first-order valence-electron chi connectivity index (χ1n) is 7.73. The number of likely N-dealkylation sites (tertiary alicyclic amines) is 1. The zero-order valence-electron chi connectivity index (χ0n) is 14.0. The van der Waals surface area contributed by atoms with Gasteiger partial charge in [0.1, 0.15) is 11.7 Å².